The minimum atomic E-state index is -0.213. The molecule has 0 saturated heterocycles. The number of fused-ring (bicyclic) bond motifs is 1. The Balaban J connectivity index is 2.07. The molecule has 0 spiro atoms. The van der Waals surface area contributed by atoms with Crippen LogP contribution in [0.5, 0.6) is 5.75 Å². The first kappa shape index (κ1) is 14.0. The van der Waals surface area contributed by atoms with E-state index in [-0.39, 0.29) is 23.3 Å². The van der Waals surface area contributed by atoms with Gasteiger partial charge in [-0.15, -0.1) is 0 Å². The molecule has 4 heteroatoms. The van der Waals surface area contributed by atoms with Crippen LogP contribution in [0, 0.1) is 0 Å². The molecule has 2 aromatic rings. The number of aryl methyl sites for hydroxylation is 1. The van der Waals surface area contributed by atoms with Gasteiger partial charge in [0.1, 0.15) is 5.75 Å². The van der Waals surface area contributed by atoms with E-state index in [1.165, 1.54) is 12.1 Å². The SMILES string of the molecule is CC1CCc2ccccc2N1C(=O)c1cc(Cl)ccc1O. The fourth-order valence-corrected chi connectivity index (χ4v) is 2.98. The maximum absolute atomic E-state index is 12.9. The van der Waals surface area contributed by atoms with Crippen molar-refractivity contribution in [2.45, 2.75) is 25.8 Å². The Labute approximate surface area is 128 Å². The van der Waals surface area contributed by atoms with E-state index in [4.69, 9.17) is 11.6 Å². The number of phenols is 1. The number of carbonyl (C=O) groups excluding carboxylic acids is 1. The molecule has 1 heterocycles. The second-order valence-electron chi connectivity index (χ2n) is 5.35. The van der Waals surface area contributed by atoms with Gasteiger partial charge in [0.25, 0.3) is 5.91 Å². The Hall–Kier alpha value is -2.00. The van der Waals surface area contributed by atoms with Gasteiger partial charge < -0.3 is 10.0 Å². The molecule has 2 aromatic carbocycles. The highest BCUT2D eigenvalue weighted by atomic mass is 35.5. The number of nitrogens with zero attached hydrogens (tertiary/aromatic N) is 1. The van der Waals surface area contributed by atoms with E-state index in [2.05, 4.69) is 0 Å². The van der Waals surface area contributed by atoms with Gasteiger partial charge in [-0.3, -0.25) is 4.79 Å². The molecule has 1 unspecified atom stereocenters. The van der Waals surface area contributed by atoms with Gasteiger partial charge in [-0.05, 0) is 49.6 Å². The van der Waals surface area contributed by atoms with E-state index in [9.17, 15) is 9.90 Å². The second kappa shape index (κ2) is 5.41. The van der Waals surface area contributed by atoms with E-state index in [0.717, 1.165) is 24.1 Å². The Morgan fingerprint density at radius 3 is 2.86 bits per heavy atom. The van der Waals surface area contributed by atoms with Crippen molar-refractivity contribution in [1.82, 2.24) is 0 Å². The molecule has 0 bridgehead atoms. The van der Waals surface area contributed by atoms with Crippen LogP contribution in [0.15, 0.2) is 42.5 Å². The number of aromatic hydroxyl groups is 1. The third-order valence-corrected chi connectivity index (χ3v) is 4.17. The number of phenolic OH excluding ortho intramolecular Hbond substituents is 1. The van der Waals surface area contributed by atoms with Gasteiger partial charge in [0.15, 0.2) is 0 Å². The van der Waals surface area contributed by atoms with Crippen molar-refractivity contribution in [2.24, 2.45) is 0 Å². The molecule has 0 aromatic heterocycles. The lowest BCUT2D eigenvalue weighted by molar-refractivity contribution is 0.0972. The molecule has 1 aliphatic rings. The summed E-state index contributed by atoms with van der Waals surface area (Å²) in [6.45, 7) is 2.02. The maximum atomic E-state index is 12.9. The number of rotatable bonds is 1. The zero-order valence-electron chi connectivity index (χ0n) is 11.7. The van der Waals surface area contributed by atoms with Crippen LogP contribution in [-0.4, -0.2) is 17.1 Å². The Morgan fingerprint density at radius 1 is 1.29 bits per heavy atom. The lowest BCUT2D eigenvalue weighted by Crippen LogP contribution is -2.42. The summed E-state index contributed by atoms with van der Waals surface area (Å²) in [5, 5.41) is 10.4. The topological polar surface area (TPSA) is 40.5 Å². The predicted molar refractivity (Wildman–Crippen MR) is 84.2 cm³/mol. The molecule has 21 heavy (non-hydrogen) atoms. The van der Waals surface area contributed by atoms with Crippen LogP contribution in [0.2, 0.25) is 5.02 Å². The summed E-state index contributed by atoms with van der Waals surface area (Å²) in [6, 6.07) is 12.5. The third kappa shape index (κ3) is 2.49. The first-order valence-electron chi connectivity index (χ1n) is 6.98. The summed E-state index contributed by atoms with van der Waals surface area (Å²) in [6.07, 6.45) is 1.87. The fourth-order valence-electron chi connectivity index (χ4n) is 2.81. The fraction of sp³-hybridized carbons (Fsp3) is 0.235. The van der Waals surface area contributed by atoms with Crippen molar-refractivity contribution < 1.29 is 9.90 Å². The quantitative estimate of drug-likeness (QED) is 0.864. The molecule has 3 rings (SSSR count). The number of para-hydroxylation sites is 1. The highest BCUT2D eigenvalue weighted by Crippen LogP contribution is 2.33. The molecule has 0 aliphatic carbocycles. The van der Waals surface area contributed by atoms with Crippen LogP contribution in [0.25, 0.3) is 0 Å². The van der Waals surface area contributed by atoms with Crippen LogP contribution in [0.4, 0.5) is 5.69 Å². The number of benzene rings is 2. The van der Waals surface area contributed by atoms with Crippen LogP contribution < -0.4 is 4.90 Å². The number of hydrogen-bond acceptors (Lipinski definition) is 2. The number of anilines is 1. The van der Waals surface area contributed by atoms with E-state index >= 15 is 0 Å². The van der Waals surface area contributed by atoms with Crippen molar-refractivity contribution >= 4 is 23.2 Å². The zero-order chi connectivity index (χ0) is 15.0. The Bertz CT molecular complexity index is 699. The van der Waals surface area contributed by atoms with Gasteiger partial charge in [0.05, 0.1) is 5.56 Å². The average Bonchev–Trinajstić information content (AvgIpc) is 2.49. The summed E-state index contributed by atoms with van der Waals surface area (Å²) in [5.41, 5.74) is 2.32. The number of halogens is 1. The van der Waals surface area contributed by atoms with Crippen molar-refractivity contribution in [3.63, 3.8) is 0 Å². The first-order chi connectivity index (χ1) is 10.1. The van der Waals surface area contributed by atoms with Gasteiger partial charge >= 0.3 is 0 Å². The van der Waals surface area contributed by atoms with Crippen LogP contribution >= 0.6 is 11.6 Å². The number of hydrogen-bond donors (Lipinski definition) is 1. The number of carbonyl (C=O) groups is 1. The predicted octanol–water partition coefficient (Wildman–Crippen LogP) is 4.03. The lowest BCUT2D eigenvalue weighted by Gasteiger charge is -2.35. The molecule has 0 saturated carbocycles. The molecule has 0 fully saturated rings. The zero-order valence-corrected chi connectivity index (χ0v) is 12.5. The van der Waals surface area contributed by atoms with Gasteiger partial charge in [0.2, 0.25) is 0 Å². The Kier molecular flexibility index (Phi) is 3.60. The van der Waals surface area contributed by atoms with Crippen LogP contribution in [0.3, 0.4) is 0 Å². The van der Waals surface area contributed by atoms with Crippen molar-refractivity contribution in [3.05, 3.63) is 58.6 Å². The van der Waals surface area contributed by atoms with E-state index in [1.54, 1.807) is 11.0 Å². The summed E-state index contributed by atoms with van der Waals surface area (Å²) in [7, 11) is 0. The smallest absolute Gasteiger partial charge is 0.262 e. The standard InChI is InChI=1S/C17H16ClNO2/c1-11-6-7-12-4-2-3-5-15(12)19(11)17(21)14-10-13(18)8-9-16(14)20/h2-5,8-11,20H,6-7H2,1H3. The molecule has 108 valence electrons. The minimum Gasteiger partial charge on any atom is -0.507 e. The van der Waals surface area contributed by atoms with Crippen LogP contribution in [-0.2, 0) is 6.42 Å². The molecular weight excluding hydrogens is 286 g/mol. The van der Waals surface area contributed by atoms with E-state index < -0.39 is 0 Å². The van der Waals surface area contributed by atoms with Crippen molar-refractivity contribution in [1.29, 1.82) is 0 Å². The van der Waals surface area contributed by atoms with Crippen LogP contribution in [0.1, 0.15) is 29.3 Å². The highest BCUT2D eigenvalue weighted by molar-refractivity contribution is 6.31. The average molecular weight is 302 g/mol. The summed E-state index contributed by atoms with van der Waals surface area (Å²) in [5.74, 6) is -0.255. The van der Waals surface area contributed by atoms with Gasteiger partial charge in [-0.2, -0.15) is 0 Å². The maximum Gasteiger partial charge on any atom is 0.262 e. The molecule has 1 amide bonds. The van der Waals surface area contributed by atoms with Gasteiger partial charge in [0, 0.05) is 16.8 Å². The summed E-state index contributed by atoms with van der Waals surface area (Å²) < 4.78 is 0. The monoisotopic (exact) mass is 301 g/mol. The molecule has 1 atom stereocenters. The van der Waals surface area contributed by atoms with Gasteiger partial charge in [-0.1, -0.05) is 29.8 Å². The van der Waals surface area contributed by atoms with Crippen molar-refractivity contribution in [3.8, 4) is 5.75 Å². The first-order valence-corrected chi connectivity index (χ1v) is 7.35. The molecule has 1 aliphatic heterocycles. The highest BCUT2D eigenvalue weighted by Gasteiger charge is 2.30. The summed E-state index contributed by atoms with van der Waals surface area (Å²) in [4.78, 5) is 14.6. The normalized spacial score (nSPS) is 17.4. The minimum absolute atomic E-state index is 0.0420. The van der Waals surface area contributed by atoms with Gasteiger partial charge in [-0.25, -0.2) is 0 Å². The summed E-state index contributed by atoms with van der Waals surface area (Å²) >= 11 is 5.95. The third-order valence-electron chi connectivity index (χ3n) is 3.93. The molecular formula is C17H16ClNO2. The van der Waals surface area contributed by atoms with E-state index in [0.29, 0.717) is 5.02 Å². The largest absolute Gasteiger partial charge is 0.507 e. The molecule has 1 N–H and O–H groups in total. The molecule has 0 radical (unpaired) electrons. The Morgan fingerprint density at radius 2 is 2.05 bits per heavy atom. The van der Waals surface area contributed by atoms with Crippen molar-refractivity contribution in [2.75, 3.05) is 4.90 Å². The lowest BCUT2D eigenvalue weighted by atomic mass is 9.95. The number of amides is 1. The van der Waals surface area contributed by atoms with E-state index in [1.807, 2.05) is 31.2 Å². The molecule has 3 nitrogen and oxygen atoms in total. The second-order valence-corrected chi connectivity index (χ2v) is 5.79.